The normalized spacial score (nSPS) is 14.0. The molecule has 0 saturated carbocycles. The van der Waals surface area contributed by atoms with Crippen LogP contribution in [0.15, 0.2) is 54.6 Å². The molecule has 1 fully saturated rings. The largest absolute Gasteiger partial charge is 0.490 e. The number of rotatable bonds is 11. The summed E-state index contributed by atoms with van der Waals surface area (Å²) in [5.41, 5.74) is 1.39. The number of carboxylic acids is 2. The number of nitrogens with zero attached hydrogens (tertiary/aromatic N) is 2. The van der Waals surface area contributed by atoms with Crippen LogP contribution in [0.5, 0.6) is 11.5 Å². The number of hydrogen-bond acceptors (Lipinski definition) is 7. The maximum atomic E-state index is 9.10. The fourth-order valence-corrected chi connectivity index (χ4v) is 3.36. The van der Waals surface area contributed by atoms with Crippen molar-refractivity contribution in [3.8, 4) is 11.5 Å². The molecule has 0 amide bonds. The molecular weight excluding hydrogens is 440 g/mol. The fraction of sp³-hybridized carbons (Fsp3) is 0.440. The van der Waals surface area contributed by atoms with E-state index in [2.05, 4.69) is 40.1 Å². The summed E-state index contributed by atoms with van der Waals surface area (Å²) in [6, 6.07) is 18.5. The molecule has 0 aliphatic carbocycles. The van der Waals surface area contributed by atoms with E-state index in [4.69, 9.17) is 34.0 Å². The molecule has 0 aromatic heterocycles. The molecule has 1 saturated heterocycles. The summed E-state index contributed by atoms with van der Waals surface area (Å²) in [7, 11) is 0. The molecule has 0 unspecified atom stereocenters. The average Bonchev–Trinajstić information content (AvgIpc) is 2.84. The molecule has 2 aromatic rings. The third kappa shape index (κ3) is 10.7. The highest BCUT2D eigenvalue weighted by atomic mass is 16.5. The van der Waals surface area contributed by atoms with E-state index >= 15 is 0 Å². The van der Waals surface area contributed by atoms with E-state index in [0.717, 1.165) is 57.4 Å². The lowest BCUT2D eigenvalue weighted by atomic mass is 10.2. The highest BCUT2D eigenvalue weighted by Gasteiger charge is 2.16. The van der Waals surface area contributed by atoms with Crippen molar-refractivity contribution in [2.75, 3.05) is 59.2 Å². The zero-order valence-corrected chi connectivity index (χ0v) is 19.6. The number of para-hydroxylation sites is 2. The highest BCUT2D eigenvalue weighted by molar-refractivity contribution is 6.27. The van der Waals surface area contributed by atoms with E-state index in [1.807, 2.05) is 31.2 Å². The lowest BCUT2D eigenvalue weighted by Crippen LogP contribution is -2.46. The second kappa shape index (κ2) is 15.7. The van der Waals surface area contributed by atoms with Gasteiger partial charge in [0, 0.05) is 39.3 Å². The molecule has 3 rings (SSSR count). The van der Waals surface area contributed by atoms with Crippen LogP contribution < -0.4 is 9.47 Å². The van der Waals surface area contributed by atoms with Gasteiger partial charge < -0.3 is 24.4 Å². The maximum Gasteiger partial charge on any atom is 0.414 e. The predicted octanol–water partition coefficient (Wildman–Crippen LogP) is 2.45. The summed E-state index contributed by atoms with van der Waals surface area (Å²) in [5.74, 6) is -2.08. The van der Waals surface area contributed by atoms with Crippen LogP contribution >= 0.6 is 0 Å². The Labute approximate surface area is 200 Å². The molecule has 1 heterocycles. The number of carbonyl (C=O) groups is 2. The first kappa shape index (κ1) is 27.1. The van der Waals surface area contributed by atoms with Crippen LogP contribution in [0.4, 0.5) is 0 Å². The van der Waals surface area contributed by atoms with Crippen LogP contribution in [0, 0.1) is 0 Å². The standard InChI is InChI=1S/C23H32N2O3.C2H2O4/c1-2-27-22-10-6-7-11-23(22)28-19-18-26-17-16-24-12-14-25(15-13-24)20-21-8-4-3-5-9-21;3-1(4)2(5)6/h3-11H,2,12-20H2,1H3;(H,3,4)(H,5,6). The number of hydrogen-bond donors (Lipinski definition) is 2. The molecule has 186 valence electrons. The summed E-state index contributed by atoms with van der Waals surface area (Å²) in [4.78, 5) is 23.2. The third-order valence-corrected chi connectivity index (χ3v) is 5.08. The van der Waals surface area contributed by atoms with Crippen molar-refractivity contribution < 1.29 is 34.0 Å². The molecule has 0 radical (unpaired) electrons. The summed E-state index contributed by atoms with van der Waals surface area (Å²) in [5, 5.41) is 14.8. The molecule has 1 aliphatic heterocycles. The smallest absolute Gasteiger partial charge is 0.414 e. The number of piperazine rings is 1. The topological polar surface area (TPSA) is 109 Å². The van der Waals surface area contributed by atoms with Gasteiger partial charge in [0.15, 0.2) is 11.5 Å². The lowest BCUT2D eigenvalue weighted by Gasteiger charge is -2.34. The zero-order chi connectivity index (χ0) is 24.6. The second-order valence-electron chi connectivity index (χ2n) is 7.55. The minimum Gasteiger partial charge on any atom is -0.490 e. The van der Waals surface area contributed by atoms with Gasteiger partial charge in [-0.2, -0.15) is 0 Å². The Morgan fingerprint density at radius 1 is 0.765 bits per heavy atom. The number of carboxylic acid groups (broad SMARTS) is 2. The molecule has 0 bridgehead atoms. The first-order valence-corrected chi connectivity index (χ1v) is 11.4. The van der Waals surface area contributed by atoms with Crippen molar-refractivity contribution in [3.05, 3.63) is 60.2 Å². The maximum absolute atomic E-state index is 9.10. The van der Waals surface area contributed by atoms with Crippen molar-refractivity contribution in [2.24, 2.45) is 0 Å². The summed E-state index contributed by atoms with van der Waals surface area (Å²) in [6.07, 6.45) is 0. The van der Waals surface area contributed by atoms with Gasteiger partial charge in [-0.1, -0.05) is 42.5 Å². The van der Waals surface area contributed by atoms with Crippen LogP contribution in [-0.4, -0.2) is 91.1 Å². The van der Waals surface area contributed by atoms with Gasteiger partial charge in [-0.05, 0) is 24.6 Å². The summed E-state index contributed by atoms with van der Waals surface area (Å²) in [6.45, 7) is 11.0. The van der Waals surface area contributed by atoms with Crippen molar-refractivity contribution in [2.45, 2.75) is 13.5 Å². The Morgan fingerprint density at radius 3 is 1.91 bits per heavy atom. The summed E-state index contributed by atoms with van der Waals surface area (Å²) < 4.78 is 17.1. The van der Waals surface area contributed by atoms with Crippen LogP contribution in [0.3, 0.4) is 0 Å². The first-order chi connectivity index (χ1) is 16.5. The number of benzene rings is 2. The van der Waals surface area contributed by atoms with E-state index in [-0.39, 0.29) is 0 Å². The van der Waals surface area contributed by atoms with E-state index in [1.54, 1.807) is 0 Å². The van der Waals surface area contributed by atoms with Crippen molar-refractivity contribution >= 4 is 11.9 Å². The molecule has 34 heavy (non-hydrogen) atoms. The first-order valence-electron chi connectivity index (χ1n) is 11.4. The van der Waals surface area contributed by atoms with Gasteiger partial charge in [-0.25, -0.2) is 9.59 Å². The van der Waals surface area contributed by atoms with E-state index in [9.17, 15) is 0 Å². The van der Waals surface area contributed by atoms with Crippen molar-refractivity contribution in [1.29, 1.82) is 0 Å². The summed E-state index contributed by atoms with van der Waals surface area (Å²) >= 11 is 0. The number of aliphatic carboxylic acids is 2. The molecule has 2 N–H and O–H groups in total. The van der Waals surface area contributed by atoms with Gasteiger partial charge in [-0.15, -0.1) is 0 Å². The predicted molar refractivity (Wildman–Crippen MR) is 127 cm³/mol. The van der Waals surface area contributed by atoms with Gasteiger partial charge in [0.2, 0.25) is 0 Å². The Morgan fingerprint density at radius 2 is 1.32 bits per heavy atom. The van der Waals surface area contributed by atoms with Gasteiger partial charge in [0.05, 0.1) is 19.8 Å². The zero-order valence-electron chi connectivity index (χ0n) is 19.6. The van der Waals surface area contributed by atoms with Crippen LogP contribution in [0.25, 0.3) is 0 Å². The SMILES string of the molecule is CCOc1ccccc1OCCOCCN1CCN(Cc2ccccc2)CC1.O=C(O)C(=O)O. The molecule has 9 heteroatoms. The Kier molecular flexibility index (Phi) is 12.5. The van der Waals surface area contributed by atoms with Crippen LogP contribution in [-0.2, 0) is 20.9 Å². The van der Waals surface area contributed by atoms with Crippen LogP contribution in [0.1, 0.15) is 12.5 Å². The second-order valence-corrected chi connectivity index (χ2v) is 7.55. The highest BCUT2D eigenvalue weighted by Crippen LogP contribution is 2.26. The molecule has 9 nitrogen and oxygen atoms in total. The van der Waals surface area contributed by atoms with Gasteiger partial charge in [-0.3, -0.25) is 9.80 Å². The van der Waals surface area contributed by atoms with E-state index < -0.39 is 11.9 Å². The number of ether oxygens (including phenoxy) is 3. The molecule has 0 atom stereocenters. The third-order valence-electron chi connectivity index (χ3n) is 5.08. The quantitative estimate of drug-likeness (QED) is 0.375. The fourth-order valence-electron chi connectivity index (χ4n) is 3.36. The Bertz CT molecular complexity index is 843. The molecule has 1 aliphatic rings. The Hall–Kier alpha value is -3.14. The van der Waals surface area contributed by atoms with Gasteiger partial charge in [0.25, 0.3) is 0 Å². The van der Waals surface area contributed by atoms with Crippen molar-refractivity contribution in [3.63, 3.8) is 0 Å². The molecule has 0 spiro atoms. The average molecular weight is 475 g/mol. The van der Waals surface area contributed by atoms with Crippen molar-refractivity contribution in [1.82, 2.24) is 9.80 Å². The lowest BCUT2D eigenvalue weighted by molar-refractivity contribution is -0.159. The van der Waals surface area contributed by atoms with E-state index in [1.165, 1.54) is 5.56 Å². The molecular formula is C25H34N2O7. The van der Waals surface area contributed by atoms with Gasteiger partial charge in [0.1, 0.15) is 6.61 Å². The Balaban J connectivity index is 0.000000604. The minimum absolute atomic E-state index is 0.537. The monoisotopic (exact) mass is 474 g/mol. The molecule has 2 aromatic carbocycles. The minimum atomic E-state index is -1.82. The van der Waals surface area contributed by atoms with Gasteiger partial charge >= 0.3 is 11.9 Å². The van der Waals surface area contributed by atoms with Crippen LogP contribution in [0.2, 0.25) is 0 Å². The van der Waals surface area contributed by atoms with E-state index in [0.29, 0.717) is 19.8 Å².